The summed E-state index contributed by atoms with van der Waals surface area (Å²) >= 11 is 0. The molecule has 0 radical (unpaired) electrons. The highest BCUT2D eigenvalue weighted by molar-refractivity contribution is 7.86. The molecule has 2 aromatic carbocycles. The largest absolute Gasteiger partial charge is 0.398 e. The third-order valence-electron chi connectivity index (χ3n) is 10.0. The molecule has 0 heterocycles. The molecule has 0 saturated carbocycles. The standard InChI is InChI=1S/2C15H33N.C14H16N2O6S2/c2*1-4-7-10-13-16(14-11-8-5-2)15-12-9-6-3;1-7-3-9(13(5-11(7)15)23(17,18)19)10-4-8(2)12(16)6-14(10)24(20,21)22/h2*4-15H2,1-3H3;3-6H,15-16H2,1-2H3,(H,17,18,19)(H,20,21,22). The lowest BCUT2D eigenvalue weighted by Gasteiger charge is -2.22. The molecule has 0 aliphatic carbocycles. The summed E-state index contributed by atoms with van der Waals surface area (Å²) in [6.07, 6.45) is 24.9. The van der Waals surface area contributed by atoms with E-state index in [-0.39, 0.29) is 22.5 Å². The number of hydrogen-bond donors (Lipinski definition) is 4. The van der Waals surface area contributed by atoms with Crippen molar-refractivity contribution in [2.45, 2.75) is 181 Å². The van der Waals surface area contributed by atoms with Crippen molar-refractivity contribution in [1.82, 2.24) is 9.80 Å². The average Bonchev–Trinajstić information content (AvgIpc) is 3.13. The highest BCUT2D eigenvalue weighted by Crippen LogP contribution is 2.37. The number of aryl methyl sites for hydroxylation is 2. The number of nitrogens with two attached hydrogens (primary N) is 2. The van der Waals surface area contributed by atoms with Gasteiger partial charge in [-0.15, -0.1) is 0 Å². The van der Waals surface area contributed by atoms with Crippen molar-refractivity contribution in [2.75, 3.05) is 50.7 Å². The van der Waals surface area contributed by atoms with Gasteiger partial charge in [0, 0.05) is 22.5 Å². The van der Waals surface area contributed by atoms with Crippen molar-refractivity contribution in [3.63, 3.8) is 0 Å². The topological polar surface area (TPSA) is 167 Å². The smallest absolute Gasteiger partial charge is 0.295 e. The molecule has 0 atom stereocenters. The normalized spacial score (nSPS) is 11.7. The zero-order valence-electron chi connectivity index (χ0n) is 36.7. The van der Waals surface area contributed by atoms with Crippen LogP contribution in [0.2, 0.25) is 0 Å². The molecule has 0 saturated heterocycles. The highest BCUT2D eigenvalue weighted by atomic mass is 32.2. The maximum atomic E-state index is 11.7. The number of nitrogens with zero attached hydrogens (tertiary/aromatic N) is 2. The van der Waals surface area contributed by atoms with Crippen molar-refractivity contribution in [1.29, 1.82) is 0 Å². The van der Waals surface area contributed by atoms with E-state index < -0.39 is 30.0 Å². The van der Waals surface area contributed by atoms with Gasteiger partial charge in [-0.3, -0.25) is 9.11 Å². The minimum Gasteiger partial charge on any atom is -0.398 e. The summed E-state index contributed by atoms with van der Waals surface area (Å²) in [7, 11) is -9.39. The van der Waals surface area contributed by atoms with E-state index in [2.05, 4.69) is 51.3 Å². The fourth-order valence-electron chi connectivity index (χ4n) is 6.44. The van der Waals surface area contributed by atoms with Gasteiger partial charge < -0.3 is 21.3 Å². The molecule has 10 nitrogen and oxygen atoms in total. The van der Waals surface area contributed by atoms with E-state index >= 15 is 0 Å². The first-order valence-corrected chi connectivity index (χ1v) is 24.6. The Labute approximate surface area is 344 Å². The van der Waals surface area contributed by atoms with E-state index in [1.165, 1.54) is 167 Å². The van der Waals surface area contributed by atoms with Gasteiger partial charge >= 0.3 is 0 Å². The Hall–Kier alpha value is -2.22. The number of unbranched alkanes of at least 4 members (excludes halogenated alkanes) is 12. The number of nitrogen functional groups attached to an aromatic ring is 2. The molecule has 12 heteroatoms. The average molecular weight is 827 g/mol. The summed E-state index contributed by atoms with van der Waals surface area (Å²) < 4.78 is 65.6. The Morgan fingerprint density at radius 2 is 0.643 bits per heavy atom. The fraction of sp³-hybridized carbons (Fsp3) is 0.727. The van der Waals surface area contributed by atoms with Gasteiger partial charge in [0.15, 0.2) is 0 Å². The summed E-state index contributed by atoms with van der Waals surface area (Å²) in [6.45, 7) is 24.9. The van der Waals surface area contributed by atoms with Crippen LogP contribution < -0.4 is 11.5 Å². The van der Waals surface area contributed by atoms with Crippen molar-refractivity contribution < 1.29 is 25.9 Å². The van der Waals surface area contributed by atoms with Crippen LogP contribution in [0.4, 0.5) is 11.4 Å². The lowest BCUT2D eigenvalue weighted by molar-refractivity contribution is 0.256. The Bertz CT molecular complexity index is 1390. The Balaban J connectivity index is 0.000000842. The molecular weight excluding hydrogens is 745 g/mol. The second kappa shape index (κ2) is 30.8. The Morgan fingerprint density at radius 3 is 0.821 bits per heavy atom. The van der Waals surface area contributed by atoms with Crippen LogP contribution in [0.5, 0.6) is 0 Å². The minimum atomic E-state index is -4.69. The lowest BCUT2D eigenvalue weighted by atomic mass is 10.00. The van der Waals surface area contributed by atoms with Gasteiger partial charge in [-0.2, -0.15) is 16.8 Å². The van der Waals surface area contributed by atoms with E-state index in [0.717, 1.165) is 12.1 Å². The molecular formula is C44H82N4O6S2. The molecule has 0 aliphatic rings. The third-order valence-corrected chi connectivity index (χ3v) is 11.8. The van der Waals surface area contributed by atoms with Crippen LogP contribution in [0.25, 0.3) is 11.1 Å². The van der Waals surface area contributed by atoms with Crippen LogP contribution in [0, 0.1) is 13.8 Å². The summed E-state index contributed by atoms with van der Waals surface area (Å²) in [4.78, 5) is 4.25. The quantitative estimate of drug-likeness (QED) is 0.0386. The zero-order chi connectivity index (χ0) is 42.6. The molecule has 56 heavy (non-hydrogen) atoms. The first kappa shape index (κ1) is 53.8. The van der Waals surface area contributed by atoms with Crippen LogP contribution in [0.1, 0.15) is 168 Å². The first-order valence-electron chi connectivity index (χ1n) is 21.7. The summed E-state index contributed by atoms with van der Waals surface area (Å²) in [6, 6.07) is 4.69. The summed E-state index contributed by atoms with van der Waals surface area (Å²) in [5.41, 5.74) is 12.3. The van der Waals surface area contributed by atoms with Crippen LogP contribution >= 0.6 is 0 Å². The van der Waals surface area contributed by atoms with Gasteiger partial charge in [0.25, 0.3) is 20.2 Å². The van der Waals surface area contributed by atoms with Gasteiger partial charge in [-0.25, -0.2) is 0 Å². The molecule has 6 N–H and O–H groups in total. The van der Waals surface area contributed by atoms with E-state index in [1.54, 1.807) is 13.8 Å². The predicted octanol–water partition coefficient (Wildman–Crippen LogP) is 11.3. The van der Waals surface area contributed by atoms with Crippen LogP contribution in [-0.2, 0) is 20.2 Å². The zero-order valence-corrected chi connectivity index (χ0v) is 38.3. The van der Waals surface area contributed by atoms with Crippen molar-refractivity contribution >= 4 is 31.6 Å². The van der Waals surface area contributed by atoms with Gasteiger partial charge in [0.05, 0.1) is 0 Å². The second-order valence-corrected chi connectivity index (χ2v) is 18.1. The minimum absolute atomic E-state index is 0.104. The molecule has 326 valence electrons. The van der Waals surface area contributed by atoms with Crippen molar-refractivity contribution in [2.24, 2.45) is 0 Å². The van der Waals surface area contributed by atoms with Crippen LogP contribution in [0.15, 0.2) is 34.1 Å². The van der Waals surface area contributed by atoms with Gasteiger partial charge in [0.2, 0.25) is 0 Å². The van der Waals surface area contributed by atoms with E-state index in [1.807, 2.05) is 0 Å². The van der Waals surface area contributed by atoms with E-state index in [0.29, 0.717) is 11.1 Å². The number of rotatable bonds is 27. The molecule has 0 unspecified atom stereocenters. The monoisotopic (exact) mass is 827 g/mol. The van der Waals surface area contributed by atoms with E-state index in [4.69, 9.17) is 11.5 Å². The highest BCUT2D eigenvalue weighted by Gasteiger charge is 2.25. The molecule has 0 bridgehead atoms. The number of hydrogen-bond acceptors (Lipinski definition) is 8. The van der Waals surface area contributed by atoms with Crippen LogP contribution in [-0.4, -0.2) is 75.0 Å². The molecule has 2 rings (SSSR count). The molecule has 0 aromatic heterocycles. The van der Waals surface area contributed by atoms with Gasteiger partial charge in [-0.1, -0.05) is 119 Å². The Kier molecular flexibility index (Phi) is 29.6. The van der Waals surface area contributed by atoms with Crippen molar-refractivity contribution in [3.05, 3.63) is 35.4 Å². The summed E-state index contributed by atoms with van der Waals surface area (Å²) in [5, 5.41) is 0. The lowest BCUT2D eigenvalue weighted by Crippen LogP contribution is -2.27. The molecule has 0 amide bonds. The van der Waals surface area contributed by atoms with Gasteiger partial charge in [-0.05, 0) is 127 Å². The first-order chi connectivity index (χ1) is 26.5. The molecule has 0 fully saturated rings. The third kappa shape index (κ3) is 23.3. The second-order valence-electron chi connectivity index (χ2n) is 15.3. The fourth-order valence-corrected chi connectivity index (χ4v) is 7.88. The molecule has 0 aliphatic heterocycles. The predicted molar refractivity (Wildman–Crippen MR) is 240 cm³/mol. The molecule has 2 aromatic rings. The summed E-state index contributed by atoms with van der Waals surface area (Å²) in [5.74, 6) is 0. The van der Waals surface area contributed by atoms with E-state index in [9.17, 15) is 25.9 Å². The van der Waals surface area contributed by atoms with Crippen molar-refractivity contribution in [3.8, 4) is 11.1 Å². The van der Waals surface area contributed by atoms with Crippen LogP contribution in [0.3, 0.4) is 0 Å². The van der Waals surface area contributed by atoms with Gasteiger partial charge in [0.1, 0.15) is 9.79 Å². The number of benzene rings is 2. The Morgan fingerprint density at radius 1 is 0.429 bits per heavy atom. The SMILES string of the molecule is CCCCCN(CCCCC)CCCCC.CCCCCN(CCCCC)CCCCC.Cc1cc(-c2cc(C)c(N)cc2S(=O)(=O)O)c(S(=O)(=O)O)cc1N. The number of anilines is 2. The maximum Gasteiger partial charge on any atom is 0.295 e. The maximum absolute atomic E-state index is 11.7. The molecule has 0 spiro atoms.